The van der Waals surface area contributed by atoms with Crippen LogP contribution in [0.15, 0.2) is 29.0 Å². The molecule has 0 amide bonds. The van der Waals surface area contributed by atoms with E-state index in [9.17, 15) is 0 Å². The van der Waals surface area contributed by atoms with E-state index in [1.165, 1.54) is 0 Å². The SMILES string of the molecule is CNc1cc(Oc2cncc(Br)c2)nc(C(C)C)n1. The summed E-state index contributed by atoms with van der Waals surface area (Å²) in [5, 5.41) is 3.00. The minimum absolute atomic E-state index is 0.233. The number of ether oxygens (including phenoxy) is 1. The van der Waals surface area contributed by atoms with E-state index in [-0.39, 0.29) is 5.92 Å². The van der Waals surface area contributed by atoms with Gasteiger partial charge in [0.1, 0.15) is 17.4 Å². The Hall–Kier alpha value is -1.69. The Kier molecular flexibility index (Phi) is 4.31. The first-order valence-corrected chi connectivity index (χ1v) is 6.73. The Morgan fingerprint density at radius 1 is 1.21 bits per heavy atom. The number of anilines is 1. The van der Waals surface area contributed by atoms with Crippen molar-refractivity contribution in [3.05, 3.63) is 34.8 Å². The standard InChI is InChI=1S/C13H15BrN4O/c1-8(2)13-17-11(15-3)5-12(18-13)19-10-4-9(14)6-16-7-10/h4-8H,1-3H3,(H,15,17,18). The molecule has 100 valence electrons. The normalized spacial score (nSPS) is 10.6. The third-order valence-corrected chi connectivity index (χ3v) is 2.83. The highest BCUT2D eigenvalue weighted by molar-refractivity contribution is 9.10. The Labute approximate surface area is 120 Å². The summed E-state index contributed by atoms with van der Waals surface area (Å²) in [5.74, 6) is 2.84. The molecular formula is C13H15BrN4O. The monoisotopic (exact) mass is 322 g/mol. The molecular weight excluding hydrogens is 308 g/mol. The van der Waals surface area contributed by atoms with Gasteiger partial charge in [-0.1, -0.05) is 13.8 Å². The van der Waals surface area contributed by atoms with Gasteiger partial charge < -0.3 is 10.1 Å². The Morgan fingerprint density at radius 2 is 2.00 bits per heavy atom. The van der Waals surface area contributed by atoms with Crippen LogP contribution >= 0.6 is 15.9 Å². The summed E-state index contributed by atoms with van der Waals surface area (Å²) in [6.45, 7) is 4.08. The van der Waals surface area contributed by atoms with Crippen molar-refractivity contribution in [1.82, 2.24) is 15.0 Å². The second-order valence-corrected chi connectivity index (χ2v) is 5.21. The van der Waals surface area contributed by atoms with Crippen molar-refractivity contribution < 1.29 is 4.74 Å². The number of nitrogens with one attached hydrogen (secondary N) is 1. The minimum atomic E-state index is 0.233. The van der Waals surface area contributed by atoms with Gasteiger partial charge in [0.2, 0.25) is 5.88 Å². The molecule has 5 nitrogen and oxygen atoms in total. The fourth-order valence-electron chi connectivity index (χ4n) is 1.45. The molecule has 0 radical (unpaired) electrons. The smallest absolute Gasteiger partial charge is 0.224 e. The predicted octanol–water partition coefficient (Wildman–Crippen LogP) is 3.59. The molecule has 0 unspecified atom stereocenters. The lowest BCUT2D eigenvalue weighted by Crippen LogP contribution is -2.03. The highest BCUT2D eigenvalue weighted by Gasteiger charge is 2.09. The van der Waals surface area contributed by atoms with Gasteiger partial charge in [0.05, 0.1) is 6.20 Å². The summed E-state index contributed by atoms with van der Waals surface area (Å²) in [6, 6.07) is 3.59. The summed E-state index contributed by atoms with van der Waals surface area (Å²) in [6.07, 6.45) is 3.34. The first-order valence-electron chi connectivity index (χ1n) is 5.93. The molecule has 0 spiro atoms. The summed E-state index contributed by atoms with van der Waals surface area (Å²) >= 11 is 3.35. The molecule has 0 aliphatic heterocycles. The first kappa shape index (κ1) is 13.7. The third kappa shape index (κ3) is 3.64. The van der Waals surface area contributed by atoms with Crippen molar-refractivity contribution in [3.63, 3.8) is 0 Å². The zero-order valence-corrected chi connectivity index (χ0v) is 12.6. The molecule has 0 aromatic carbocycles. The Morgan fingerprint density at radius 3 is 2.63 bits per heavy atom. The molecule has 2 aromatic heterocycles. The largest absolute Gasteiger partial charge is 0.437 e. The van der Waals surface area contributed by atoms with Crippen LogP contribution in [0.4, 0.5) is 5.82 Å². The van der Waals surface area contributed by atoms with Crippen molar-refractivity contribution >= 4 is 21.7 Å². The van der Waals surface area contributed by atoms with Gasteiger partial charge in [-0.05, 0) is 22.0 Å². The van der Waals surface area contributed by atoms with Gasteiger partial charge in [0.25, 0.3) is 0 Å². The summed E-state index contributed by atoms with van der Waals surface area (Å²) in [4.78, 5) is 12.8. The Balaban J connectivity index is 2.31. The fraction of sp³-hybridized carbons (Fsp3) is 0.308. The maximum Gasteiger partial charge on any atom is 0.224 e. The van der Waals surface area contributed by atoms with Gasteiger partial charge in [-0.2, -0.15) is 4.98 Å². The zero-order valence-electron chi connectivity index (χ0n) is 11.0. The molecule has 2 rings (SSSR count). The van der Waals surface area contributed by atoms with Crippen LogP contribution in [-0.4, -0.2) is 22.0 Å². The molecule has 19 heavy (non-hydrogen) atoms. The van der Waals surface area contributed by atoms with Gasteiger partial charge in [-0.3, -0.25) is 4.98 Å². The van der Waals surface area contributed by atoms with E-state index < -0.39 is 0 Å². The molecule has 0 bridgehead atoms. The van der Waals surface area contributed by atoms with E-state index in [1.807, 2.05) is 27.0 Å². The van der Waals surface area contributed by atoms with Crippen LogP contribution in [0.2, 0.25) is 0 Å². The van der Waals surface area contributed by atoms with Gasteiger partial charge in [-0.25, -0.2) is 4.98 Å². The van der Waals surface area contributed by atoms with Crippen molar-refractivity contribution in [3.8, 4) is 11.6 Å². The number of pyridine rings is 1. The van der Waals surface area contributed by atoms with E-state index >= 15 is 0 Å². The van der Waals surface area contributed by atoms with Crippen molar-refractivity contribution in [2.75, 3.05) is 12.4 Å². The third-order valence-electron chi connectivity index (χ3n) is 2.39. The molecule has 0 aliphatic carbocycles. The Bertz CT molecular complexity index is 574. The van der Waals surface area contributed by atoms with E-state index in [1.54, 1.807) is 18.5 Å². The lowest BCUT2D eigenvalue weighted by atomic mass is 10.2. The number of halogens is 1. The van der Waals surface area contributed by atoms with Gasteiger partial charge in [0, 0.05) is 29.7 Å². The number of hydrogen-bond donors (Lipinski definition) is 1. The van der Waals surface area contributed by atoms with Crippen LogP contribution in [0.25, 0.3) is 0 Å². The molecule has 0 saturated heterocycles. The molecule has 1 N–H and O–H groups in total. The highest BCUT2D eigenvalue weighted by Crippen LogP contribution is 2.24. The lowest BCUT2D eigenvalue weighted by molar-refractivity contribution is 0.455. The second-order valence-electron chi connectivity index (χ2n) is 4.30. The number of nitrogens with zero attached hydrogens (tertiary/aromatic N) is 3. The molecule has 0 saturated carbocycles. The molecule has 2 heterocycles. The van der Waals surface area contributed by atoms with Gasteiger partial charge in [0.15, 0.2) is 0 Å². The summed E-state index contributed by atoms with van der Waals surface area (Å²) in [7, 11) is 1.82. The van der Waals surface area contributed by atoms with E-state index in [0.29, 0.717) is 11.6 Å². The van der Waals surface area contributed by atoms with Crippen LogP contribution in [0.5, 0.6) is 11.6 Å². The maximum absolute atomic E-state index is 5.71. The zero-order chi connectivity index (χ0) is 13.8. The van der Waals surface area contributed by atoms with Gasteiger partial charge in [-0.15, -0.1) is 0 Å². The van der Waals surface area contributed by atoms with Crippen molar-refractivity contribution in [1.29, 1.82) is 0 Å². The minimum Gasteiger partial charge on any atom is -0.437 e. The average Bonchev–Trinajstić information content (AvgIpc) is 2.38. The van der Waals surface area contributed by atoms with Crippen LogP contribution in [0.1, 0.15) is 25.6 Å². The van der Waals surface area contributed by atoms with E-state index in [4.69, 9.17) is 4.74 Å². The molecule has 0 aliphatic rings. The first-order chi connectivity index (χ1) is 9.08. The van der Waals surface area contributed by atoms with Gasteiger partial charge >= 0.3 is 0 Å². The maximum atomic E-state index is 5.71. The molecule has 0 atom stereocenters. The molecule has 6 heteroatoms. The number of aromatic nitrogens is 3. The molecule has 2 aromatic rings. The molecule has 0 fully saturated rings. The van der Waals surface area contributed by atoms with Crippen molar-refractivity contribution in [2.45, 2.75) is 19.8 Å². The average molecular weight is 323 g/mol. The number of rotatable bonds is 4. The van der Waals surface area contributed by atoms with Crippen LogP contribution in [0, 0.1) is 0 Å². The van der Waals surface area contributed by atoms with Crippen LogP contribution in [-0.2, 0) is 0 Å². The summed E-state index contributed by atoms with van der Waals surface area (Å²) < 4.78 is 6.57. The quantitative estimate of drug-likeness (QED) is 0.932. The van der Waals surface area contributed by atoms with Crippen molar-refractivity contribution in [2.24, 2.45) is 0 Å². The van der Waals surface area contributed by atoms with E-state index in [2.05, 4.69) is 36.2 Å². The van der Waals surface area contributed by atoms with Crippen LogP contribution < -0.4 is 10.1 Å². The highest BCUT2D eigenvalue weighted by atomic mass is 79.9. The van der Waals surface area contributed by atoms with E-state index in [0.717, 1.165) is 16.1 Å². The number of hydrogen-bond acceptors (Lipinski definition) is 5. The predicted molar refractivity (Wildman–Crippen MR) is 77.7 cm³/mol. The fourth-order valence-corrected chi connectivity index (χ4v) is 1.79. The second kappa shape index (κ2) is 5.97. The van der Waals surface area contributed by atoms with Crippen LogP contribution in [0.3, 0.4) is 0 Å². The summed E-state index contributed by atoms with van der Waals surface area (Å²) in [5.41, 5.74) is 0. The lowest BCUT2D eigenvalue weighted by Gasteiger charge is -2.10. The topological polar surface area (TPSA) is 59.9 Å².